The topological polar surface area (TPSA) is 93.9 Å². The zero-order valence-electron chi connectivity index (χ0n) is 17.3. The average Bonchev–Trinajstić information content (AvgIpc) is 3.16. The van der Waals surface area contributed by atoms with E-state index in [4.69, 9.17) is 0 Å². The first-order valence-electron chi connectivity index (χ1n) is 9.62. The van der Waals surface area contributed by atoms with Crippen LogP contribution in [0.4, 0.5) is 10.1 Å². The van der Waals surface area contributed by atoms with E-state index in [0.29, 0.717) is 28.2 Å². The molecule has 0 bridgehead atoms. The van der Waals surface area contributed by atoms with Gasteiger partial charge in [-0.15, -0.1) is 0 Å². The Bertz CT molecular complexity index is 1420. The second kappa shape index (κ2) is 6.49. The van der Waals surface area contributed by atoms with Crippen LogP contribution in [0.5, 0.6) is 0 Å². The molecule has 0 spiro atoms. The maximum atomic E-state index is 14.6. The van der Waals surface area contributed by atoms with Crippen LogP contribution in [-0.2, 0) is 0 Å². The largest absolute Gasteiger partial charge is 0.268 e. The lowest BCUT2D eigenvalue weighted by atomic mass is 10.1. The number of benzene rings is 1. The molecule has 1 aliphatic heterocycles. The number of halogens is 1. The predicted molar refractivity (Wildman–Crippen MR) is 111 cm³/mol. The van der Waals surface area contributed by atoms with Gasteiger partial charge in [-0.25, -0.2) is 24.2 Å². The summed E-state index contributed by atoms with van der Waals surface area (Å²) in [5.74, 6) is -1.55. The summed E-state index contributed by atoms with van der Waals surface area (Å²) < 4.78 is 16.0. The highest BCUT2D eigenvalue weighted by Crippen LogP contribution is 2.35. The van der Waals surface area contributed by atoms with Gasteiger partial charge in [0.25, 0.3) is 17.8 Å². The number of amides is 2. The molecule has 4 aromatic rings. The van der Waals surface area contributed by atoms with Crippen LogP contribution in [0.25, 0.3) is 17.0 Å². The number of nitrogens with zero attached hydrogens (tertiary/aromatic N) is 6. The first kappa shape index (κ1) is 19.0. The molecule has 0 saturated carbocycles. The van der Waals surface area contributed by atoms with Crippen molar-refractivity contribution >= 4 is 28.5 Å². The summed E-state index contributed by atoms with van der Waals surface area (Å²) in [5.41, 5.74) is 3.24. The Morgan fingerprint density at radius 3 is 2.32 bits per heavy atom. The number of pyridine rings is 1. The van der Waals surface area contributed by atoms with Crippen LogP contribution in [0.1, 0.15) is 43.4 Å². The quantitative estimate of drug-likeness (QED) is 0.465. The van der Waals surface area contributed by atoms with Gasteiger partial charge in [-0.1, -0.05) is 6.07 Å². The summed E-state index contributed by atoms with van der Waals surface area (Å²) in [6, 6.07) is 6.20. The number of aromatic nitrogens is 5. The summed E-state index contributed by atoms with van der Waals surface area (Å²) in [5, 5.41) is 4.90. The van der Waals surface area contributed by atoms with Crippen molar-refractivity contribution < 1.29 is 14.0 Å². The normalized spacial score (nSPS) is 13.4. The van der Waals surface area contributed by atoms with Crippen LogP contribution in [0.3, 0.4) is 0 Å². The number of fused-ring (bicyclic) bond motifs is 3. The molecule has 31 heavy (non-hydrogen) atoms. The van der Waals surface area contributed by atoms with Crippen molar-refractivity contribution in [1.82, 2.24) is 24.7 Å². The molecule has 0 atom stereocenters. The van der Waals surface area contributed by atoms with Gasteiger partial charge in [0.05, 0.1) is 27.9 Å². The predicted octanol–water partition coefficient (Wildman–Crippen LogP) is 3.38. The number of hydrogen-bond donors (Lipinski definition) is 0. The molecule has 0 unspecified atom stereocenters. The summed E-state index contributed by atoms with van der Waals surface area (Å²) in [7, 11) is 0. The maximum Gasteiger partial charge on any atom is 0.267 e. The van der Waals surface area contributed by atoms with Crippen LogP contribution in [0.2, 0.25) is 0 Å². The molecular formula is C22H17FN6O2. The number of rotatable bonds is 2. The first-order chi connectivity index (χ1) is 14.8. The van der Waals surface area contributed by atoms with E-state index in [1.165, 1.54) is 23.0 Å². The van der Waals surface area contributed by atoms with Crippen LogP contribution in [0.15, 0.2) is 30.5 Å². The zero-order valence-corrected chi connectivity index (χ0v) is 17.3. The van der Waals surface area contributed by atoms with Crippen molar-refractivity contribution in [3.05, 3.63) is 70.1 Å². The lowest BCUT2D eigenvalue weighted by molar-refractivity contribution is 0.0925. The summed E-state index contributed by atoms with van der Waals surface area (Å²) in [6.07, 6.45) is 1.32. The molecule has 5 rings (SSSR count). The smallest absolute Gasteiger partial charge is 0.267 e. The SMILES string of the molecule is Cc1ccc(N2C(=O)c3cnc4c(c(C)nn4-c4nc(C)cc(C)n4)c3C2=O)c(F)c1. The third-order valence-corrected chi connectivity index (χ3v) is 5.23. The van der Waals surface area contributed by atoms with Crippen molar-refractivity contribution in [3.8, 4) is 5.95 Å². The number of aryl methyl sites for hydroxylation is 4. The zero-order chi connectivity index (χ0) is 22.0. The summed E-state index contributed by atoms with van der Waals surface area (Å²) in [4.78, 5) is 40.4. The molecular weight excluding hydrogens is 399 g/mol. The molecule has 9 heteroatoms. The number of imide groups is 1. The van der Waals surface area contributed by atoms with E-state index in [1.807, 2.05) is 19.9 Å². The van der Waals surface area contributed by atoms with E-state index < -0.39 is 17.6 Å². The molecule has 0 fully saturated rings. The molecule has 154 valence electrons. The lowest BCUT2D eigenvalue weighted by Crippen LogP contribution is -2.30. The molecule has 4 heterocycles. The lowest BCUT2D eigenvalue weighted by Gasteiger charge is -2.15. The Morgan fingerprint density at radius 2 is 1.65 bits per heavy atom. The monoisotopic (exact) mass is 416 g/mol. The van der Waals surface area contributed by atoms with Gasteiger partial charge in [-0.2, -0.15) is 9.78 Å². The minimum Gasteiger partial charge on any atom is -0.268 e. The van der Waals surface area contributed by atoms with Crippen LogP contribution < -0.4 is 4.90 Å². The van der Waals surface area contributed by atoms with Crippen LogP contribution in [0, 0.1) is 33.5 Å². The van der Waals surface area contributed by atoms with E-state index >= 15 is 0 Å². The Morgan fingerprint density at radius 1 is 0.935 bits per heavy atom. The van der Waals surface area contributed by atoms with E-state index in [1.54, 1.807) is 19.9 Å². The highest BCUT2D eigenvalue weighted by Gasteiger charge is 2.41. The molecule has 0 saturated heterocycles. The van der Waals surface area contributed by atoms with Gasteiger partial charge < -0.3 is 0 Å². The second-order valence-corrected chi connectivity index (χ2v) is 7.59. The fourth-order valence-electron chi connectivity index (χ4n) is 3.91. The molecule has 1 aliphatic rings. The summed E-state index contributed by atoms with van der Waals surface area (Å²) >= 11 is 0. The molecule has 0 N–H and O–H groups in total. The van der Waals surface area contributed by atoms with E-state index in [9.17, 15) is 14.0 Å². The third-order valence-electron chi connectivity index (χ3n) is 5.23. The minimum atomic E-state index is -0.644. The Kier molecular flexibility index (Phi) is 3.98. The Hall–Kier alpha value is -4.01. The third kappa shape index (κ3) is 2.73. The maximum absolute atomic E-state index is 14.6. The Labute approximate surface area is 176 Å². The van der Waals surface area contributed by atoms with Gasteiger partial charge >= 0.3 is 0 Å². The van der Waals surface area contributed by atoms with Crippen molar-refractivity contribution in [2.75, 3.05) is 4.90 Å². The molecule has 1 aromatic carbocycles. The molecule has 0 aliphatic carbocycles. The van der Waals surface area contributed by atoms with Gasteiger partial charge in [-0.3, -0.25) is 9.59 Å². The Balaban J connectivity index is 1.72. The van der Waals surface area contributed by atoms with Gasteiger partial charge in [0.15, 0.2) is 5.65 Å². The number of hydrogen-bond acceptors (Lipinski definition) is 6. The molecule has 8 nitrogen and oxygen atoms in total. The number of carbonyl (C=O) groups excluding carboxylic acids is 2. The fraction of sp³-hybridized carbons (Fsp3) is 0.182. The van der Waals surface area contributed by atoms with Crippen molar-refractivity contribution in [1.29, 1.82) is 0 Å². The first-order valence-corrected chi connectivity index (χ1v) is 9.62. The highest BCUT2D eigenvalue weighted by atomic mass is 19.1. The number of carbonyl (C=O) groups is 2. The van der Waals surface area contributed by atoms with Crippen LogP contribution in [-0.4, -0.2) is 36.5 Å². The van der Waals surface area contributed by atoms with Gasteiger partial charge in [0, 0.05) is 17.6 Å². The van der Waals surface area contributed by atoms with E-state index in [2.05, 4.69) is 20.1 Å². The highest BCUT2D eigenvalue weighted by molar-refractivity contribution is 6.37. The van der Waals surface area contributed by atoms with Crippen molar-refractivity contribution in [2.45, 2.75) is 27.7 Å². The minimum absolute atomic E-state index is 0.0902. The van der Waals surface area contributed by atoms with E-state index in [0.717, 1.165) is 16.3 Å². The van der Waals surface area contributed by atoms with Gasteiger partial charge in [0.1, 0.15) is 5.82 Å². The summed E-state index contributed by atoms with van der Waals surface area (Å²) in [6.45, 7) is 7.14. The average molecular weight is 416 g/mol. The fourth-order valence-corrected chi connectivity index (χ4v) is 3.91. The molecule has 0 radical (unpaired) electrons. The van der Waals surface area contributed by atoms with Crippen molar-refractivity contribution in [3.63, 3.8) is 0 Å². The van der Waals surface area contributed by atoms with Gasteiger partial charge in [0.2, 0.25) is 0 Å². The van der Waals surface area contributed by atoms with Crippen LogP contribution >= 0.6 is 0 Å². The number of anilines is 1. The standard InChI is InChI=1S/C22H17FN6O2/c1-10-5-6-16(15(23)7-10)28-20(30)14-9-24-19-17(18(14)21(28)31)13(4)27-29(19)22-25-11(2)8-12(3)26-22/h5-9H,1-4H3. The molecule has 3 aromatic heterocycles. The van der Waals surface area contributed by atoms with Crippen molar-refractivity contribution in [2.24, 2.45) is 0 Å². The van der Waals surface area contributed by atoms with Gasteiger partial charge in [-0.05, 0) is 51.5 Å². The molecule has 2 amide bonds. The second-order valence-electron chi connectivity index (χ2n) is 7.59. The van der Waals surface area contributed by atoms with E-state index in [-0.39, 0.29) is 16.8 Å².